The van der Waals surface area contributed by atoms with Crippen molar-refractivity contribution in [2.45, 2.75) is 6.92 Å². The minimum absolute atomic E-state index is 0.158. The lowest BCUT2D eigenvalue weighted by Crippen LogP contribution is -2.44. The zero-order valence-corrected chi connectivity index (χ0v) is 16.1. The van der Waals surface area contributed by atoms with Gasteiger partial charge < -0.3 is 20.3 Å². The highest BCUT2D eigenvalue weighted by Crippen LogP contribution is 2.08. The number of methoxy groups -OCH3 is 1. The van der Waals surface area contributed by atoms with Crippen LogP contribution in [0.15, 0.2) is 54.6 Å². The number of amides is 3. The molecule has 0 aliphatic heterocycles. The van der Waals surface area contributed by atoms with E-state index in [2.05, 4.69) is 10.6 Å². The molecule has 2 aromatic rings. The molecule has 28 heavy (non-hydrogen) atoms. The smallest absolute Gasteiger partial charge is 0.254 e. The van der Waals surface area contributed by atoms with Gasteiger partial charge >= 0.3 is 0 Å². The largest absolute Gasteiger partial charge is 0.383 e. The molecule has 0 fully saturated rings. The molecule has 0 saturated heterocycles. The highest BCUT2D eigenvalue weighted by atomic mass is 16.5. The number of ether oxygens (including phenoxy) is 1. The number of nitrogens with zero attached hydrogens (tertiary/aromatic N) is 1. The van der Waals surface area contributed by atoms with Gasteiger partial charge in [0, 0.05) is 24.9 Å². The molecule has 0 aliphatic rings. The number of rotatable bonds is 9. The van der Waals surface area contributed by atoms with Crippen molar-refractivity contribution in [3.63, 3.8) is 0 Å². The van der Waals surface area contributed by atoms with Crippen molar-refractivity contribution in [3.05, 3.63) is 65.7 Å². The van der Waals surface area contributed by atoms with Crippen LogP contribution in [0.5, 0.6) is 0 Å². The Hall–Kier alpha value is -3.19. The lowest BCUT2D eigenvalue weighted by atomic mass is 10.2. The maximum atomic E-state index is 12.6. The van der Waals surface area contributed by atoms with Gasteiger partial charge in [0.1, 0.15) is 0 Å². The summed E-state index contributed by atoms with van der Waals surface area (Å²) < 4.78 is 5.02. The summed E-state index contributed by atoms with van der Waals surface area (Å²) in [6.45, 7) is 2.20. The third kappa shape index (κ3) is 6.85. The third-order valence-electron chi connectivity index (χ3n) is 3.99. The molecule has 0 radical (unpaired) electrons. The number of benzene rings is 2. The van der Waals surface area contributed by atoms with E-state index >= 15 is 0 Å². The summed E-state index contributed by atoms with van der Waals surface area (Å²) in [5.41, 5.74) is 2.24. The van der Waals surface area contributed by atoms with Gasteiger partial charge in [0.15, 0.2) is 0 Å². The van der Waals surface area contributed by atoms with Gasteiger partial charge in [-0.1, -0.05) is 35.9 Å². The molecule has 0 saturated carbocycles. The summed E-state index contributed by atoms with van der Waals surface area (Å²) in [7, 11) is 1.53. The predicted molar refractivity (Wildman–Crippen MR) is 107 cm³/mol. The van der Waals surface area contributed by atoms with Crippen LogP contribution in [0.4, 0.5) is 5.69 Å². The highest BCUT2D eigenvalue weighted by molar-refractivity contribution is 5.98. The standard InChI is InChI=1S/C21H25N3O4/c1-16-8-10-18(11-9-16)23-19(25)14-22-20(26)15-24(12-13-28-2)21(27)17-6-4-3-5-7-17/h3-11H,12-15H2,1-2H3,(H,22,26)(H,23,25). The van der Waals surface area contributed by atoms with Crippen molar-refractivity contribution in [1.82, 2.24) is 10.2 Å². The first-order valence-corrected chi connectivity index (χ1v) is 8.96. The van der Waals surface area contributed by atoms with Gasteiger partial charge in [-0.2, -0.15) is 0 Å². The van der Waals surface area contributed by atoms with Gasteiger partial charge in [-0.3, -0.25) is 14.4 Å². The number of carbonyl (C=O) groups excluding carboxylic acids is 3. The molecule has 148 valence electrons. The second-order valence-electron chi connectivity index (χ2n) is 6.28. The first kappa shape index (κ1) is 21.1. The average Bonchev–Trinajstić information content (AvgIpc) is 2.71. The molecule has 0 spiro atoms. The fraction of sp³-hybridized carbons (Fsp3) is 0.286. The van der Waals surface area contributed by atoms with E-state index in [0.717, 1.165) is 5.56 Å². The van der Waals surface area contributed by atoms with E-state index in [9.17, 15) is 14.4 Å². The zero-order valence-electron chi connectivity index (χ0n) is 16.1. The maximum absolute atomic E-state index is 12.6. The Morgan fingerprint density at radius 3 is 2.29 bits per heavy atom. The van der Waals surface area contributed by atoms with Crippen LogP contribution in [-0.4, -0.2) is 56.0 Å². The molecule has 0 bridgehead atoms. The van der Waals surface area contributed by atoms with Crippen molar-refractivity contribution in [2.75, 3.05) is 38.7 Å². The lowest BCUT2D eigenvalue weighted by molar-refractivity contribution is -0.124. The Morgan fingerprint density at radius 2 is 1.64 bits per heavy atom. The number of carbonyl (C=O) groups is 3. The first-order chi connectivity index (χ1) is 13.5. The Bertz CT molecular complexity index is 791. The van der Waals surface area contributed by atoms with E-state index in [1.165, 1.54) is 12.0 Å². The molecule has 0 unspecified atom stereocenters. The van der Waals surface area contributed by atoms with E-state index in [1.807, 2.05) is 25.1 Å². The van der Waals surface area contributed by atoms with Gasteiger partial charge in [0.2, 0.25) is 11.8 Å². The van der Waals surface area contributed by atoms with E-state index < -0.39 is 5.91 Å². The van der Waals surface area contributed by atoms with Crippen LogP contribution >= 0.6 is 0 Å². The molecule has 7 heteroatoms. The molecule has 7 nitrogen and oxygen atoms in total. The fourth-order valence-corrected chi connectivity index (χ4v) is 2.47. The molecule has 0 atom stereocenters. The summed E-state index contributed by atoms with van der Waals surface area (Å²) in [5.74, 6) is -1.02. The SMILES string of the molecule is COCCN(CC(=O)NCC(=O)Nc1ccc(C)cc1)C(=O)c1ccccc1. The van der Waals surface area contributed by atoms with Crippen molar-refractivity contribution in [2.24, 2.45) is 0 Å². The highest BCUT2D eigenvalue weighted by Gasteiger charge is 2.18. The van der Waals surface area contributed by atoms with Gasteiger partial charge in [0.25, 0.3) is 5.91 Å². The van der Waals surface area contributed by atoms with Gasteiger partial charge in [-0.05, 0) is 31.2 Å². The fourth-order valence-electron chi connectivity index (χ4n) is 2.47. The van der Waals surface area contributed by atoms with Crippen molar-refractivity contribution in [1.29, 1.82) is 0 Å². The molecular weight excluding hydrogens is 358 g/mol. The van der Waals surface area contributed by atoms with Crippen LogP contribution in [0, 0.1) is 6.92 Å². The van der Waals surface area contributed by atoms with E-state index in [-0.39, 0.29) is 31.4 Å². The van der Waals surface area contributed by atoms with E-state index in [0.29, 0.717) is 17.9 Å². The summed E-state index contributed by atoms with van der Waals surface area (Å²) in [5, 5.41) is 5.25. The van der Waals surface area contributed by atoms with E-state index in [1.54, 1.807) is 36.4 Å². The molecule has 2 aromatic carbocycles. The maximum Gasteiger partial charge on any atom is 0.254 e. The average molecular weight is 383 g/mol. The number of hydrogen-bond donors (Lipinski definition) is 2. The predicted octanol–water partition coefficient (Wildman–Crippen LogP) is 1.84. The topological polar surface area (TPSA) is 87.7 Å². The molecule has 2 rings (SSSR count). The van der Waals surface area contributed by atoms with Crippen LogP contribution < -0.4 is 10.6 Å². The van der Waals surface area contributed by atoms with Crippen molar-refractivity contribution >= 4 is 23.4 Å². The quantitative estimate of drug-likeness (QED) is 0.692. The van der Waals surface area contributed by atoms with Gasteiger partial charge in [-0.25, -0.2) is 0 Å². The van der Waals surface area contributed by atoms with Gasteiger partial charge in [-0.15, -0.1) is 0 Å². The normalized spacial score (nSPS) is 10.2. The monoisotopic (exact) mass is 383 g/mol. The minimum Gasteiger partial charge on any atom is -0.383 e. The first-order valence-electron chi connectivity index (χ1n) is 8.96. The van der Waals surface area contributed by atoms with Gasteiger partial charge in [0.05, 0.1) is 19.7 Å². The number of hydrogen-bond acceptors (Lipinski definition) is 4. The summed E-state index contributed by atoms with van der Waals surface area (Å²) in [4.78, 5) is 38.2. The molecule has 0 heterocycles. The Labute approximate surface area is 164 Å². The summed E-state index contributed by atoms with van der Waals surface area (Å²) in [6, 6.07) is 16.1. The van der Waals surface area contributed by atoms with Crippen LogP contribution in [0.2, 0.25) is 0 Å². The molecule has 3 amide bonds. The number of nitrogens with one attached hydrogen (secondary N) is 2. The molecule has 0 aromatic heterocycles. The summed E-state index contributed by atoms with van der Waals surface area (Å²) in [6.07, 6.45) is 0. The third-order valence-corrected chi connectivity index (χ3v) is 3.99. The number of aryl methyl sites for hydroxylation is 1. The minimum atomic E-state index is -0.417. The molecule has 0 aliphatic carbocycles. The Balaban J connectivity index is 1.87. The lowest BCUT2D eigenvalue weighted by Gasteiger charge is -2.22. The Kier molecular flexibility index (Phi) is 8.17. The van der Waals surface area contributed by atoms with E-state index in [4.69, 9.17) is 4.74 Å². The van der Waals surface area contributed by atoms with Crippen LogP contribution in [0.1, 0.15) is 15.9 Å². The van der Waals surface area contributed by atoms with Crippen molar-refractivity contribution < 1.29 is 19.1 Å². The number of anilines is 1. The Morgan fingerprint density at radius 1 is 0.964 bits per heavy atom. The van der Waals surface area contributed by atoms with Crippen LogP contribution in [0.3, 0.4) is 0 Å². The second kappa shape index (κ2) is 10.8. The van der Waals surface area contributed by atoms with Crippen molar-refractivity contribution in [3.8, 4) is 0 Å². The molecule has 2 N–H and O–H groups in total. The summed E-state index contributed by atoms with van der Waals surface area (Å²) >= 11 is 0. The second-order valence-corrected chi connectivity index (χ2v) is 6.28. The molecular formula is C21H25N3O4. The van der Waals surface area contributed by atoms with Crippen LogP contribution in [-0.2, 0) is 14.3 Å². The zero-order chi connectivity index (χ0) is 20.4. The van der Waals surface area contributed by atoms with Crippen LogP contribution in [0.25, 0.3) is 0 Å².